The Balaban J connectivity index is 0.00000280. The zero-order chi connectivity index (χ0) is 19.4. The molecule has 0 aliphatic rings. The lowest BCUT2D eigenvalue weighted by Gasteiger charge is -2.13. The summed E-state index contributed by atoms with van der Waals surface area (Å²) in [6, 6.07) is 3.94. The minimum absolute atomic E-state index is 0. The van der Waals surface area contributed by atoms with Gasteiger partial charge in [-0.2, -0.15) is 0 Å². The maximum absolute atomic E-state index is 5.81. The third kappa shape index (κ3) is 5.94. The van der Waals surface area contributed by atoms with Crippen molar-refractivity contribution < 1.29 is 4.42 Å². The second-order valence-corrected chi connectivity index (χ2v) is 8.18. The minimum atomic E-state index is -0.0536. The van der Waals surface area contributed by atoms with Crippen LogP contribution in [0.15, 0.2) is 44.6 Å². The van der Waals surface area contributed by atoms with E-state index < -0.39 is 0 Å². The lowest BCUT2D eigenvalue weighted by Crippen LogP contribution is -2.36. The molecule has 0 bridgehead atoms. The molecule has 3 aromatic rings. The first kappa shape index (κ1) is 22.7. The van der Waals surface area contributed by atoms with Gasteiger partial charge in [-0.25, -0.2) is 15.0 Å². The lowest BCUT2D eigenvalue weighted by molar-refractivity contribution is 0.379. The molecule has 0 amide bonds. The van der Waals surface area contributed by atoms with Crippen molar-refractivity contribution in [1.29, 1.82) is 0 Å². The van der Waals surface area contributed by atoms with E-state index in [9.17, 15) is 0 Å². The van der Waals surface area contributed by atoms with Crippen molar-refractivity contribution in [2.45, 2.75) is 46.2 Å². The molecule has 0 aromatic carbocycles. The molecule has 0 aliphatic heterocycles. The number of guanidine groups is 1. The van der Waals surface area contributed by atoms with Gasteiger partial charge < -0.3 is 19.5 Å². The molecule has 3 heterocycles. The molecule has 0 aliphatic carbocycles. The fourth-order valence-electron chi connectivity index (χ4n) is 2.49. The molecule has 152 valence electrons. The molecular formula is C19H26BrIN6O. The lowest BCUT2D eigenvalue weighted by atomic mass is 9.94. The van der Waals surface area contributed by atoms with Crippen LogP contribution in [0.25, 0.3) is 5.65 Å². The normalized spacial score (nSPS) is 12.1. The number of nitrogens with one attached hydrogen (secondary N) is 2. The molecule has 0 atom stereocenters. The number of aromatic nitrogens is 3. The van der Waals surface area contributed by atoms with Crippen LogP contribution >= 0.6 is 39.9 Å². The number of oxazole rings is 1. The Bertz CT molecular complexity index is 943. The predicted octanol–water partition coefficient (Wildman–Crippen LogP) is 4.26. The first-order chi connectivity index (χ1) is 12.8. The van der Waals surface area contributed by atoms with Crippen molar-refractivity contribution in [1.82, 2.24) is 25.0 Å². The van der Waals surface area contributed by atoms with E-state index in [1.165, 1.54) is 0 Å². The summed E-state index contributed by atoms with van der Waals surface area (Å²) in [6.45, 7) is 10.1. The maximum Gasteiger partial charge on any atom is 0.213 e. The molecule has 0 fully saturated rings. The summed E-state index contributed by atoms with van der Waals surface area (Å²) in [5.41, 5.74) is 1.74. The zero-order valence-electron chi connectivity index (χ0n) is 16.5. The van der Waals surface area contributed by atoms with Crippen LogP contribution in [0, 0.1) is 0 Å². The number of halogens is 2. The topological polar surface area (TPSA) is 79.8 Å². The highest BCUT2D eigenvalue weighted by atomic mass is 127. The number of fused-ring (bicyclic) bond motifs is 1. The summed E-state index contributed by atoms with van der Waals surface area (Å²) >= 11 is 3.47. The van der Waals surface area contributed by atoms with E-state index in [0.29, 0.717) is 24.9 Å². The number of aliphatic imine (C=N–C) groups is 1. The molecular weight excluding hydrogens is 535 g/mol. The van der Waals surface area contributed by atoms with Crippen LogP contribution in [-0.4, -0.2) is 26.9 Å². The van der Waals surface area contributed by atoms with Crippen LogP contribution in [0.3, 0.4) is 0 Å². The van der Waals surface area contributed by atoms with E-state index in [0.717, 1.165) is 28.1 Å². The average molecular weight is 561 g/mol. The summed E-state index contributed by atoms with van der Waals surface area (Å²) in [7, 11) is 0. The molecule has 9 heteroatoms. The predicted molar refractivity (Wildman–Crippen MR) is 125 cm³/mol. The highest BCUT2D eigenvalue weighted by Crippen LogP contribution is 2.22. The third-order valence-electron chi connectivity index (χ3n) is 3.91. The Kier molecular flexibility index (Phi) is 7.87. The van der Waals surface area contributed by atoms with Gasteiger partial charge >= 0.3 is 0 Å². The number of rotatable bonds is 5. The summed E-state index contributed by atoms with van der Waals surface area (Å²) in [4.78, 5) is 13.5. The van der Waals surface area contributed by atoms with E-state index in [4.69, 9.17) is 4.42 Å². The number of imidazole rings is 1. The number of hydrogen-bond acceptors (Lipinski definition) is 4. The quantitative estimate of drug-likeness (QED) is 0.277. The van der Waals surface area contributed by atoms with Gasteiger partial charge in [0.25, 0.3) is 0 Å². The number of pyridine rings is 1. The molecule has 0 radical (unpaired) electrons. The first-order valence-electron chi connectivity index (χ1n) is 8.95. The van der Waals surface area contributed by atoms with Crippen LogP contribution in [0.1, 0.15) is 45.0 Å². The van der Waals surface area contributed by atoms with E-state index >= 15 is 0 Å². The van der Waals surface area contributed by atoms with Gasteiger partial charge in [0.2, 0.25) is 5.89 Å². The molecule has 28 heavy (non-hydrogen) atoms. The van der Waals surface area contributed by atoms with Gasteiger partial charge in [0.05, 0.1) is 25.0 Å². The standard InChI is InChI=1S/C19H25BrN6O.HI/c1-5-21-18(24-10-17-22-9-15(27-17)19(2,3)4)23-8-14-12-26-11-13(20)6-7-16(26)25-14;/h6-7,9,11-12H,5,8,10H2,1-4H3,(H2,21,23,24);1H. The molecule has 7 nitrogen and oxygen atoms in total. The van der Waals surface area contributed by atoms with Gasteiger partial charge in [-0.15, -0.1) is 24.0 Å². The van der Waals surface area contributed by atoms with E-state index in [2.05, 4.69) is 62.3 Å². The molecule has 0 saturated heterocycles. The Morgan fingerprint density at radius 2 is 2.04 bits per heavy atom. The van der Waals surface area contributed by atoms with Crippen LogP contribution in [0.2, 0.25) is 0 Å². The summed E-state index contributed by atoms with van der Waals surface area (Å²) in [6.07, 6.45) is 5.75. The molecule has 0 saturated carbocycles. The van der Waals surface area contributed by atoms with Gasteiger partial charge in [-0.05, 0) is 35.0 Å². The van der Waals surface area contributed by atoms with Crippen molar-refractivity contribution in [2.24, 2.45) is 4.99 Å². The highest BCUT2D eigenvalue weighted by Gasteiger charge is 2.19. The van der Waals surface area contributed by atoms with Gasteiger partial charge in [-0.1, -0.05) is 20.8 Å². The highest BCUT2D eigenvalue weighted by molar-refractivity contribution is 14.0. The van der Waals surface area contributed by atoms with Crippen LogP contribution in [0.5, 0.6) is 0 Å². The fraction of sp³-hybridized carbons (Fsp3) is 0.421. The SMILES string of the molecule is CCNC(=NCc1cn2cc(Br)ccc2n1)NCc1ncc(C(C)(C)C)o1.I. The largest absolute Gasteiger partial charge is 0.443 e. The Morgan fingerprint density at radius 3 is 2.71 bits per heavy atom. The summed E-state index contributed by atoms with van der Waals surface area (Å²) in [5.74, 6) is 2.21. The Labute approximate surface area is 190 Å². The second kappa shape index (κ2) is 9.73. The van der Waals surface area contributed by atoms with Crippen LogP contribution < -0.4 is 10.6 Å². The number of hydrogen-bond donors (Lipinski definition) is 2. The Morgan fingerprint density at radius 1 is 1.25 bits per heavy atom. The molecule has 2 N–H and O–H groups in total. The molecule has 0 unspecified atom stereocenters. The average Bonchev–Trinajstić information content (AvgIpc) is 3.23. The molecule has 3 aromatic heterocycles. The van der Waals surface area contributed by atoms with Crippen LogP contribution in [0.4, 0.5) is 0 Å². The smallest absolute Gasteiger partial charge is 0.213 e. The summed E-state index contributed by atoms with van der Waals surface area (Å²) in [5, 5.41) is 6.49. The van der Waals surface area contributed by atoms with Crippen molar-refractivity contribution in [3.8, 4) is 0 Å². The summed E-state index contributed by atoms with van der Waals surface area (Å²) < 4.78 is 8.81. The first-order valence-corrected chi connectivity index (χ1v) is 9.75. The van der Waals surface area contributed by atoms with Gasteiger partial charge in [0, 0.05) is 28.8 Å². The van der Waals surface area contributed by atoms with Gasteiger partial charge in [0.15, 0.2) is 5.96 Å². The third-order valence-corrected chi connectivity index (χ3v) is 4.38. The van der Waals surface area contributed by atoms with E-state index in [1.807, 2.05) is 35.9 Å². The zero-order valence-corrected chi connectivity index (χ0v) is 20.4. The molecule has 0 spiro atoms. The van der Waals surface area contributed by atoms with Crippen molar-refractivity contribution in [3.63, 3.8) is 0 Å². The van der Waals surface area contributed by atoms with Crippen LogP contribution in [-0.2, 0) is 18.5 Å². The van der Waals surface area contributed by atoms with E-state index in [1.54, 1.807) is 6.20 Å². The van der Waals surface area contributed by atoms with Crippen molar-refractivity contribution in [3.05, 3.63) is 52.5 Å². The number of nitrogens with zero attached hydrogens (tertiary/aromatic N) is 4. The minimum Gasteiger partial charge on any atom is -0.443 e. The van der Waals surface area contributed by atoms with Gasteiger partial charge in [-0.3, -0.25) is 0 Å². The van der Waals surface area contributed by atoms with Gasteiger partial charge in [0.1, 0.15) is 11.4 Å². The molecule has 3 rings (SSSR count). The monoisotopic (exact) mass is 560 g/mol. The van der Waals surface area contributed by atoms with E-state index in [-0.39, 0.29) is 29.4 Å². The fourth-order valence-corrected chi connectivity index (χ4v) is 2.85. The second-order valence-electron chi connectivity index (χ2n) is 7.26. The van der Waals surface area contributed by atoms with Crippen molar-refractivity contribution in [2.75, 3.05) is 6.54 Å². The maximum atomic E-state index is 5.81. The van der Waals surface area contributed by atoms with Crippen molar-refractivity contribution >= 4 is 51.5 Å². The Hall–Kier alpha value is -1.62.